The summed E-state index contributed by atoms with van der Waals surface area (Å²) in [6, 6.07) is 64.6. The van der Waals surface area contributed by atoms with Crippen molar-refractivity contribution in [2.24, 2.45) is 0 Å². The zero-order chi connectivity index (χ0) is 34.7. The number of hydrogen-bond acceptors (Lipinski definition) is 1. The first-order valence-corrected chi connectivity index (χ1v) is 19.8. The molecular formula is C49H36NOP. The predicted molar refractivity (Wildman–Crippen MR) is 218 cm³/mol. The van der Waals surface area contributed by atoms with E-state index in [0.717, 1.165) is 28.0 Å². The Morgan fingerprint density at radius 1 is 0.481 bits per heavy atom. The molecule has 0 N–H and O–H groups in total. The fourth-order valence-corrected chi connectivity index (χ4v) is 12.0. The van der Waals surface area contributed by atoms with Gasteiger partial charge in [-0.25, -0.2) is 0 Å². The highest BCUT2D eigenvalue weighted by atomic mass is 31.2. The Hall–Kier alpha value is -5.95. The molecular weight excluding hydrogens is 650 g/mol. The summed E-state index contributed by atoms with van der Waals surface area (Å²) in [7, 11) is -3.06. The standard InChI is InChI=1S/C49H36NOP/c51-52(38-18-6-2-7-19-38,39-20-8-3-9-21-39)40-31-28-35(29-32-40)49(45-25-13-10-22-41(45)42-23-11-14-26-46(42)49)36-30-33-48-44(34-36)43-24-12-15-27-47(43)50(48)37-16-4-1-5-17-37/h1-28,30-31,33-34H,29,32H2. The van der Waals surface area contributed by atoms with Crippen LogP contribution < -0.4 is 10.6 Å². The molecule has 0 bridgehead atoms. The van der Waals surface area contributed by atoms with Gasteiger partial charge in [-0.2, -0.15) is 0 Å². The summed E-state index contributed by atoms with van der Waals surface area (Å²) in [5, 5.41) is 5.25. The molecule has 2 aliphatic carbocycles. The maximum absolute atomic E-state index is 15.4. The van der Waals surface area contributed by atoms with Crippen molar-refractivity contribution < 1.29 is 4.57 Å². The smallest absolute Gasteiger partial charge is 0.167 e. The first kappa shape index (κ1) is 30.8. The van der Waals surface area contributed by atoms with Crippen molar-refractivity contribution in [1.29, 1.82) is 0 Å². The number of aromatic nitrogens is 1. The van der Waals surface area contributed by atoms with E-state index in [2.05, 4.69) is 138 Å². The fraction of sp³-hybridized carbons (Fsp3) is 0.0612. The summed E-state index contributed by atoms with van der Waals surface area (Å²) in [4.78, 5) is 0. The Morgan fingerprint density at radius 3 is 1.63 bits per heavy atom. The second-order valence-electron chi connectivity index (χ2n) is 13.9. The number of rotatable bonds is 6. The largest absolute Gasteiger partial charge is 0.309 e. The van der Waals surface area contributed by atoms with Gasteiger partial charge >= 0.3 is 0 Å². The van der Waals surface area contributed by atoms with E-state index in [4.69, 9.17) is 0 Å². The van der Waals surface area contributed by atoms with Gasteiger partial charge in [0, 0.05) is 27.1 Å². The van der Waals surface area contributed by atoms with Crippen LogP contribution in [0, 0.1) is 0 Å². The summed E-state index contributed by atoms with van der Waals surface area (Å²) in [5.41, 5.74) is 10.8. The van der Waals surface area contributed by atoms with E-state index in [-0.39, 0.29) is 0 Å². The molecule has 0 unspecified atom stereocenters. The molecule has 2 aliphatic rings. The maximum Gasteiger partial charge on any atom is 0.167 e. The van der Waals surface area contributed by atoms with Crippen molar-refractivity contribution in [3.05, 3.63) is 222 Å². The highest BCUT2D eigenvalue weighted by molar-refractivity contribution is 7.82. The van der Waals surface area contributed by atoms with Crippen LogP contribution in [0.15, 0.2) is 205 Å². The first-order valence-electron chi connectivity index (χ1n) is 18.1. The summed E-state index contributed by atoms with van der Waals surface area (Å²) in [5.74, 6) is 0. The second kappa shape index (κ2) is 12.1. The monoisotopic (exact) mass is 685 g/mol. The Balaban J connectivity index is 1.24. The maximum atomic E-state index is 15.4. The minimum atomic E-state index is -3.06. The van der Waals surface area contributed by atoms with Crippen molar-refractivity contribution in [3.63, 3.8) is 0 Å². The Morgan fingerprint density at radius 2 is 1.02 bits per heavy atom. The molecule has 2 nitrogen and oxygen atoms in total. The Bertz CT molecular complexity index is 2670. The molecule has 8 aromatic rings. The molecule has 1 heterocycles. The molecule has 3 heteroatoms. The molecule has 248 valence electrons. The number of fused-ring (bicyclic) bond motifs is 6. The number of allylic oxidation sites excluding steroid dienone is 4. The van der Waals surface area contributed by atoms with Gasteiger partial charge in [-0.15, -0.1) is 0 Å². The zero-order valence-electron chi connectivity index (χ0n) is 28.7. The molecule has 0 aliphatic heterocycles. The number of nitrogens with zero attached hydrogens (tertiary/aromatic N) is 1. The van der Waals surface area contributed by atoms with Gasteiger partial charge in [0.2, 0.25) is 0 Å². The van der Waals surface area contributed by atoms with E-state index in [1.807, 2.05) is 60.7 Å². The van der Waals surface area contributed by atoms with Crippen molar-refractivity contribution in [1.82, 2.24) is 4.57 Å². The average Bonchev–Trinajstić information content (AvgIpc) is 3.72. The van der Waals surface area contributed by atoms with Crippen LogP contribution in [-0.4, -0.2) is 4.57 Å². The van der Waals surface area contributed by atoms with Gasteiger partial charge in [0.25, 0.3) is 0 Å². The van der Waals surface area contributed by atoms with Crippen LogP contribution in [-0.2, 0) is 9.98 Å². The normalized spacial score (nSPS) is 14.8. The van der Waals surface area contributed by atoms with E-state index >= 15 is 4.57 Å². The van der Waals surface area contributed by atoms with Crippen molar-refractivity contribution >= 4 is 39.6 Å². The minimum Gasteiger partial charge on any atom is -0.309 e. The van der Waals surface area contributed by atoms with Crippen LogP contribution in [0.25, 0.3) is 38.6 Å². The van der Waals surface area contributed by atoms with E-state index in [9.17, 15) is 0 Å². The van der Waals surface area contributed by atoms with Gasteiger partial charge in [-0.3, -0.25) is 0 Å². The quantitative estimate of drug-likeness (QED) is 0.160. The van der Waals surface area contributed by atoms with Crippen LogP contribution in [0.5, 0.6) is 0 Å². The lowest BCUT2D eigenvalue weighted by Gasteiger charge is -2.38. The number of hydrogen-bond donors (Lipinski definition) is 0. The molecule has 0 atom stereocenters. The van der Waals surface area contributed by atoms with Crippen molar-refractivity contribution in [2.45, 2.75) is 18.3 Å². The van der Waals surface area contributed by atoms with Gasteiger partial charge in [-0.1, -0.05) is 169 Å². The third-order valence-electron chi connectivity index (χ3n) is 11.3. The van der Waals surface area contributed by atoms with E-state index in [1.54, 1.807) is 0 Å². The molecule has 0 radical (unpaired) electrons. The van der Waals surface area contributed by atoms with Gasteiger partial charge in [-0.05, 0) is 76.3 Å². The first-order chi connectivity index (χ1) is 25.7. The summed E-state index contributed by atoms with van der Waals surface area (Å²) in [6.45, 7) is 0. The average molecular weight is 686 g/mol. The fourth-order valence-electron chi connectivity index (χ4n) is 9.10. The third kappa shape index (κ3) is 4.41. The van der Waals surface area contributed by atoms with Gasteiger partial charge < -0.3 is 9.13 Å². The molecule has 0 spiro atoms. The summed E-state index contributed by atoms with van der Waals surface area (Å²) in [6.07, 6.45) is 6.02. The Kier molecular flexibility index (Phi) is 7.17. The highest BCUT2D eigenvalue weighted by Crippen LogP contribution is 2.61. The Labute approximate surface area is 304 Å². The van der Waals surface area contributed by atoms with Crippen LogP contribution in [0.2, 0.25) is 0 Å². The lowest BCUT2D eigenvalue weighted by atomic mass is 9.65. The lowest BCUT2D eigenvalue weighted by Crippen LogP contribution is -2.30. The molecule has 0 amide bonds. The number of para-hydroxylation sites is 2. The van der Waals surface area contributed by atoms with Crippen molar-refractivity contribution in [3.8, 4) is 16.8 Å². The molecule has 52 heavy (non-hydrogen) atoms. The van der Waals surface area contributed by atoms with Gasteiger partial charge in [0.1, 0.15) is 0 Å². The van der Waals surface area contributed by atoms with Crippen molar-refractivity contribution in [2.75, 3.05) is 0 Å². The molecule has 1 aromatic heterocycles. The SMILES string of the molecule is O=P(C1=CC=C(C2(c3ccc4c(c3)c3ccccc3n4-c3ccccc3)c3ccccc3-c3ccccc32)CC1)(c1ccccc1)c1ccccc1. The van der Waals surface area contributed by atoms with E-state index in [0.29, 0.717) is 6.42 Å². The van der Waals surface area contributed by atoms with E-state index in [1.165, 1.54) is 55.2 Å². The minimum absolute atomic E-state index is 0.511. The second-order valence-corrected chi connectivity index (χ2v) is 16.7. The van der Waals surface area contributed by atoms with Crippen LogP contribution in [0.1, 0.15) is 29.5 Å². The zero-order valence-corrected chi connectivity index (χ0v) is 29.6. The summed E-state index contributed by atoms with van der Waals surface area (Å²) < 4.78 is 17.8. The lowest BCUT2D eigenvalue weighted by molar-refractivity contribution is 0.588. The van der Waals surface area contributed by atoms with Gasteiger partial charge in [0.05, 0.1) is 16.4 Å². The van der Waals surface area contributed by atoms with Crippen LogP contribution >= 0.6 is 7.14 Å². The number of benzene rings is 7. The van der Waals surface area contributed by atoms with Crippen LogP contribution in [0.4, 0.5) is 0 Å². The third-order valence-corrected chi connectivity index (χ3v) is 14.6. The molecule has 7 aromatic carbocycles. The van der Waals surface area contributed by atoms with Crippen LogP contribution in [0.3, 0.4) is 0 Å². The topological polar surface area (TPSA) is 22.0 Å². The summed E-state index contributed by atoms with van der Waals surface area (Å²) >= 11 is 0. The molecule has 0 saturated heterocycles. The van der Waals surface area contributed by atoms with Gasteiger partial charge in [0.15, 0.2) is 7.14 Å². The van der Waals surface area contributed by atoms with E-state index < -0.39 is 12.6 Å². The molecule has 10 rings (SSSR count). The molecule has 0 saturated carbocycles. The predicted octanol–water partition coefficient (Wildman–Crippen LogP) is 11.7. The highest BCUT2D eigenvalue weighted by Gasteiger charge is 2.48. The molecule has 0 fully saturated rings.